The molecule has 1 amide bonds. The maximum atomic E-state index is 13.5. The zero-order valence-corrected chi connectivity index (χ0v) is 12.6. The average molecular weight is 293 g/mol. The molecule has 0 bridgehead atoms. The second-order valence-corrected chi connectivity index (χ2v) is 5.46. The van der Waals surface area contributed by atoms with Gasteiger partial charge in [-0.05, 0) is 38.1 Å². The van der Waals surface area contributed by atoms with Crippen molar-refractivity contribution in [3.63, 3.8) is 0 Å². The van der Waals surface area contributed by atoms with Crippen molar-refractivity contribution in [3.05, 3.63) is 30.1 Å². The third kappa shape index (κ3) is 4.79. The van der Waals surface area contributed by atoms with E-state index < -0.39 is 5.82 Å². The van der Waals surface area contributed by atoms with Gasteiger partial charge in [0.15, 0.2) is 0 Å². The monoisotopic (exact) mass is 293 g/mol. The molecule has 21 heavy (non-hydrogen) atoms. The minimum Gasteiger partial charge on any atom is -0.324 e. The number of benzene rings is 1. The van der Waals surface area contributed by atoms with Crippen LogP contribution in [-0.4, -0.2) is 43.0 Å². The van der Waals surface area contributed by atoms with Crippen molar-refractivity contribution in [2.45, 2.75) is 32.2 Å². The Morgan fingerprint density at radius 1 is 1.43 bits per heavy atom. The smallest absolute Gasteiger partial charge is 0.225 e. The van der Waals surface area contributed by atoms with E-state index in [1.807, 2.05) is 0 Å². The first kappa shape index (κ1) is 15.9. The molecule has 0 spiro atoms. The molecular formula is C16H24FN3O. The lowest BCUT2D eigenvalue weighted by molar-refractivity contribution is -0.116. The summed E-state index contributed by atoms with van der Waals surface area (Å²) in [5, 5.41) is 6.00. The molecule has 0 radical (unpaired) electrons. The van der Waals surface area contributed by atoms with Crippen molar-refractivity contribution in [1.82, 2.24) is 10.2 Å². The Bertz CT molecular complexity index is 461. The highest BCUT2D eigenvalue weighted by molar-refractivity contribution is 5.90. The summed E-state index contributed by atoms with van der Waals surface area (Å²) in [6, 6.07) is 6.78. The molecule has 116 valence electrons. The van der Waals surface area contributed by atoms with Crippen LogP contribution in [0.4, 0.5) is 10.1 Å². The summed E-state index contributed by atoms with van der Waals surface area (Å²) in [5.74, 6) is -0.525. The van der Waals surface area contributed by atoms with Crippen LogP contribution in [0, 0.1) is 5.82 Å². The summed E-state index contributed by atoms with van der Waals surface area (Å²) in [7, 11) is 0. The highest BCUT2D eigenvalue weighted by atomic mass is 19.1. The van der Waals surface area contributed by atoms with Crippen LogP contribution < -0.4 is 10.6 Å². The molecule has 0 aliphatic carbocycles. The molecule has 1 aromatic rings. The second-order valence-electron chi connectivity index (χ2n) is 5.46. The van der Waals surface area contributed by atoms with Crippen molar-refractivity contribution in [1.29, 1.82) is 0 Å². The van der Waals surface area contributed by atoms with Gasteiger partial charge in [0.05, 0.1) is 5.69 Å². The van der Waals surface area contributed by atoms with Crippen LogP contribution in [0.3, 0.4) is 0 Å². The summed E-state index contributed by atoms with van der Waals surface area (Å²) >= 11 is 0. The summed E-state index contributed by atoms with van der Waals surface area (Å²) in [6.45, 7) is 5.91. The van der Waals surface area contributed by atoms with E-state index in [2.05, 4.69) is 22.5 Å². The standard InChI is InChI=1S/C16H24FN3O/c1-2-10-20(13-7-9-18-12-13)11-8-16(21)19-15-6-4-3-5-14(15)17/h3-6,13,18H,2,7-12H2,1H3,(H,19,21). The Labute approximate surface area is 125 Å². The lowest BCUT2D eigenvalue weighted by Crippen LogP contribution is -2.39. The third-order valence-electron chi connectivity index (χ3n) is 3.84. The maximum absolute atomic E-state index is 13.5. The molecule has 1 heterocycles. The lowest BCUT2D eigenvalue weighted by Gasteiger charge is -2.27. The van der Waals surface area contributed by atoms with Gasteiger partial charge in [-0.1, -0.05) is 19.1 Å². The van der Waals surface area contributed by atoms with Gasteiger partial charge in [0.2, 0.25) is 5.91 Å². The number of carbonyl (C=O) groups is 1. The van der Waals surface area contributed by atoms with Gasteiger partial charge in [0.25, 0.3) is 0 Å². The van der Waals surface area contributed by atoms with E-state index in [1.165, 1.54) is 6.07 Å². The van der Waals surface area contributed by atoms with E-state index in [1.54, 1.807) is 18.2 Å². The van der Waals surface area contributed by atoms with E-state index in [-0.39, 0.29) is 11.6 Å². The molecule has 1 aliphatic heterocycles. The Balaban J connectivity index is 1.82. The van der Waals surface area contributed by atoms with Gasteiger partial charge in [0.1, 0.15) is 5.82 Å². The molecule has 2 rings (SSSR count). The van der Waals surface area contributed by atoms with Crippen molar-refractivity contribution < 1.29 is 9.18 Å². The van der Waals surface area contributed by atoms with Gasteiger partial charge in [-0.3, -0.25) is 9.69 Å². The Hall–Kier alpha value is -1.46. The van der Waals surface area contributed by atoms with Crippen LogP contribution in [0.2, 0.25) is 0 Å². The molecule has 1 aromatic carbocycles. The number of para-hydroxylation sites is 1. The number of carbonyl (C=O) groups excluding carboxylic acids is 1. The maximum Gasteiger partial charge on any atom is 0.225 e. The molecule has 1 aliphatic rings. The van der Waals surface area contributed by atoms with Crippen LogP contribution in [0.5, 0.6) is 0 Å². The first-order valence-corrected chi connectivity index (χ1v) is 7.70. The van der Waals surface area contributed by atoms with Crippen LogP contribution in [0.25, 0.3) is 0 Å². The van der Waals surface area contributed by atoms with E-state index in [0.717, 1.165) is 39.0 Å². The molecule has 5 heteroatoms. The number of hydrogen-bond donors (Lipinski definition) is 2. The minimum atomic E-state index is -0.392. The number of hydrogen-bond acceptors (Lipinski definition) is 3. The van der Waals surface area contributed by atoms with Gasteiger partial charge in [-0.25, -0.2) is 4.39 Å². The zero-order valence-electron chi connectivity index (χ0n) is 12.6. The van der Waals surface area contributed by atoms with Gasteiger partial charge in [0, 0.05) is 25.6 Å². The molecule has 2 N–H and O–H groups in total. The number of anilines is 1. The molecule has 1 fully saturated rings. The van der Waals surface area contributed by atoms with Gasteiger partial charge in [-0.2, -0.15) is 0 Å². The van der Waals surface area contributed by atoms with Crippen molar-refractivity contribution in [3.8, 4) is 0 Å². The first-order valence-electron chi connectivity index (χ1n) is 7.70. The Morgan fingerprint density at radius 2 is 2.24 bits per heavy atom. The fourth-order valence-corrected chi connectivity index (χ4v) is 2.74. The number of nitrogens with one attached hydrogen (secondary N) is 2. The number of halogens is 1. The molecular weight excluding hydrogens is 269 g/mol. The van der Waals surface area contributed by atoms with Crippen LogP contribution in [-0.2, 0) is 4.79 Å². The molecule has 1 atom stereocenters. The number of nitrogens with zero attached hydrogens (tertiary/aromatic N) is 1. The summed E-state index contributed by atoms with van der Waals surface area (Å²) < 4.78 is 13.5. The van der Waals surface area contributed by atoms with E-state index in [0.29, 0.717) is 12.5 Å². The fourth-order valence-electron chi connectivity index (χ4n) is 2.74. The fraction of sp³-hybridized carbons (Fsp3) is 0.562. The molecule has 1 unspecified atom stereocenters. The molecule has 0 saturated carbocycles. The highest BCUT2D eigenvalue weighted by Crippen LogP contribution is 2.14. The summed E-state index contributed by atoms with van der Waals surface area (Å²) in [6.07, 6.45) is 2.60. The largest absolute Gasteiger partial charge is 0.324 e. The number of amides is 1. The predicted molar refractivity (Wildman–Crippen MR) is 82.8 cm³/mol. The molecule has 4 nitrogen and oxygen atoms in total. The zero-order chi connectivity index (χ0) is 15.1. The van der Waals surface area contributed by atoms with E-state index >= 15 is 0 Å². The first-order chi connectivity index (χ1) is 10.2. The quantitative estimate of drug-likeness (QED) is 0.810. The van der Waals surface area contributed by atoms with Gasteiger partial charge < -0.3 is 10.6 Å². The van der Waals surface area contributed by atoms with Crippen molar-refractivity contribution in [2.75, 3.05) is 31.5 Å². The van der Waals surface area contributed by atoms with Crippen LogP contribution >= 0.6 is 0 Å². The molecule has 1 saturated heterocycles. The Morgan fingerprint density at radius 3 is 2.90 bits per heavy atom. The Kier molecular flexibility index (Phi) is 6.14. The topological polar surface area (TPSA) is 44.4 Å². The second kappa shape index (κ2) is 8.10. The third-order valence-corrected chi connectivity index (χ3v) is 3.84. The SMILES string of the molecule is CCCN(CCC(=O)Nc1ccccc1F)C1CCNC1. The number of rotatable bonds is 7. The van der Waals surface area contributed by atoms with E-state index in [4.69, 9.17) is 0 Å². The highest BCUT2D eigenvalue weighted by Gasteiger charge is 2.22. The average Bonchev–Trinajstić information content (AvgIpc) is 3.00. The normalized spacial score (nSPS) is 18.1. The summed E-state index contributed by atoms with van der Waals surface area (Å²) in [4.78, 5) is 14.3. The van der Waals surface area contributed by atoms with Crippen molar-refractivity contribution in [2.24, 2.45) is 0 Å². The van der Waals surface area contributed by atoms with Gasteiger partial charge in [-0.15, -0.1) is 0 Å². The predicted octanol–water partition coefficient (Wildman–Crippen LogP) is 2.23. The van der Waals surface area contributed by atoms with E-state index in [9.17, 15) is 9.18 Å². The van der Waals surface area contributed by atoms with Crippen LogP contribution in [0.1, 0.15) is 26.2 Å². The van der Waals surface area contributed by atoms with Crippen molar-refractivity contribution >= 4 is 11.6 Å². The summed E-state index contributed by atoms with van der Waals surface area (Å²) in [5.41, 5.74) is 0.257. The minimum absolute atomic E-state index is 0.132. The van der Waals surface area contributed by atoms with Gasteiger partial charge >= 0.3 is 0 Å². The van der Waals surface area contributed by atoms with Crippen LogP contribution in [0.15, 0.2) is 24.3 Å². The molecule has 0 aromatic heterocycles. The lowest BCUT2D eigenvalue weighted by atomic mass is 10.2.